The molecule has 102 valence electrons. The molecule has 1 saturated heterocycles. The van der Waals surface area contributed by atoms with Crippen molar-refractivity contribution in [3.8, 4) is 0 Å². The van der Waals surface area contributed by atoms with Gasteiger partial charge in [0.15, 0.2) is 5.58 Å². The summed E-state index contributed by atoms with van der Waals surface area (Å²) in [4.78, 5) is 10.7. The predicted octanol–water partition coefficient (Wildman–Crippen LogP) is 2.81. The largest absolute Gasteiger partial charge is 0.423 e. The van der Waals surface area contributed by atoms with Crippen molar-refractivity contribution in [3.63, 3.8) is 0 Å². The normalized spacial score (nSPS) is 15.8. The van der Waals surface area contributed by atoms with E-state index >= 15 is 0 Å². The van der Waals surface area contributed by atoms with Gasteiger partial charge in [-0.15, -0.1) is 0 Å². The Kier molecular flexibility index (Phi) is 2.67. The molecular weight excluding hydrogens is 276 g/mol. The van der Waals surface area contributed by atoms with Gasteiger partial charge >= 0.3 is 0 Å². The summed E-state index contributed by atoms with van der Waals surface area (Å²) >= 11 is 5.95. The molecule has 0 spiro atoms. The highest BCUT2D eigenvalue weighted by Crippen LogP contribution is 2.29. The quantitative estimate of drug-likeness (QED) is 0.743. The van der Waals surface area contributed by atoms with Crippen molar-refractivity contribution in [1.29, 1.82) is 0 Å². The summed E-state index contributed by atoms with van der Waals surface area (Å²) < 4.78 is 7.85. The fourth-order valence-corrected chi connectivity index (χ4v) is 2.72. The van der Waals surface area contributed by atoms with Crippen LogP contribution in [0.5, 0.6) is 0 Å². The summed E-state index contributed by atoms with van der Waals surface area (Å²) in [5, 5.41) is 0.680. The Balaban J connectivity index is 1.46. The van der Waals surface area contributed by atoms with Gasteiger partial charge < -0.3 is 13.9 Å². The third kappa shape index (κ3) is 2.04. The minimum absolute atomic E-state index is 0.614. The molecule has 1 aliphatic heterocycles. The van der Waals surface area contributed by atoms with E-state index in [1.54, 1.807) is 6.20 Å². The lowest BCUT2D eigenvalue weighted by molar-refractivity contribution is 0.337. The van der Waals surface area contributed by atoms with Gasteiger partial charge in [0.1, 0.15) is 5.52 Å². The average Bonchev–Trinajstić information content (AvgIpc) is 3.01. The first kappa shape index (κ1) is 11.8. The molecule has 0 unspecified atom stereocenters. The van der Waals surface area contributed by atoms with Crippen LogP contribution in [0.25, 0.3) is 11.1 Å². The molecule has 0 N–H and O–H groups in total. The topological polar surface area (TPSA) is 47.1 Å². The van der Waals surface area contributed by atoms with Gasteiger partial charge in [0, 0.05) is 43.0 Å². The third-order valence-corrected chi connectivity index (χ3v) is 3.83. The lowest BCUT2D eigenvalue weighted by Gasteiger charge is -2.38. The molecule has 6 heteroatoms. The summed E-state index contributed by atoms with van der Waals surface area (Å²) in [5.41, 5.74) is 1.59. The molecule has 0 bridgehead atoms. The van der Waals surface area contributed by atoms with Crippen LogP contribution in [0.3, 0.4) is 0 Å². The molecule has 0 amide bonds. The van der Waals surface area contributed by atoms with Crippen LogP contribution >= 0.6 is 11.6 Å². The summed E-state index contributed by atoms with van der Waals surface area (Å²) in [7, 11) is 0. The van der Waals surface area contributed by atoms with Crippen molar-refractivity contribution < 1.29 is 4.42 Å². The van der Waals surface area contributed by atoms with Crippen LogP contribution < -0.4 is 4.90 Å². The second kappa shape index (κ2) is 4.52. The Labute approximate surface area is 120 Å². The smallest absolute Gasteiger partial charge is 0.298 e. The first-order valence-electron chi connectivity index (χ1n) is 6.55. The Bertz CT molecular complexity index is 731. The summed E-state index contributed by atoms with van der Waals surface area (Å²) in [6.07, 6.45) is 5.65. The Morgan fingerprint density at radius 1 is 1.35 bits per heavy atom. The lowest BCUT2D eigenvalue weighted by Crippen LogP contribution is -2.48. The van der Waals surface area contributed by atoms with Crippen LogP contribution in [0.4, 0.5) is 6.01 Å². The summed E-state index contributed by atoms with van der Waals surface area (Å²) in [5.74, 6) is 0.614. The number of hydrogen-bond acceptors (Lipinski definition) is 4. The zero-order valence-corrected chi connectivity index (χ0v) is 11.5. The number of oxazole rings is 1. The van der Waals surface area contributed by atoms with E-state index in [1.165, 1.54) is 0 Å². The van der Waals surface area contributed by atoms with Crippen molar-refractivity contribution in [1.82, 2.24) is 14.5 Å². The van der Waals surface area contributed by atoms with Gasteiger partial charge in [-0.25, -0.2) is 4.98 Å². The van der Waals surface area contributed by atoms with Gasteiger partial charge in [0.05, 0.1) is 6.33 Å². The molecule has 4 rings (SSSR count). The maximum absolute atomic E-state index is 5.95. The molecule has 0 radical (unpaired) electrons. The highest BCUT2D eigenvalue weighted by atomic mass is 35.5. The molecule has 0 atom stereocenters. The minimum Gasteiger partial charge on any atom is -0.423 e. The number of rotatable bonds is 3. The second-order valence-corrected chi connectivity index (χ2v) is 5.58. The first-order chi connectivity index (χ1) is 9.78. The van der Waals surface area contributed by atoms with Crippen LogP contribution in [0.15, 0.2) is 41.3 Å². The number of fused-ring (bicyclic) bond motifs is 1. The fourth-order valence-electron chi connectivity index (χ4n) is 2.56. The van der Waals surface area contributed by atoms with Crippen LogP contribution in [0, 0.1) is 5.92 Å². The molecule has 0 aliphatic carbocycles. The van der Waals surface area contributed by atoms with Crippen molar-refractivity contribution in [3.05, 3.63) is 41.9 Å². The molecule has 2 aromatic heterocycles. The fraction of sp³-hybridized carbons (Fsp3) is 0.286. The van der Waals surface area contributed by atoms with Gasteiger partial charge in [-0.05, 0) is 18.2 Å². The number of benzene rings is 1. The van der Waals surface area contributed by atoms with E-state index < -0.39 is 0 Å². The summed E-state index contributed by atoms with van der Waals surface area (Å²) in [6.45, 7) is 2.90. The van der Waals surface area contributed by atoms with E-state index in [9.17, 15) is 0 Å². The van der Waals surface area contributed by atoms with Crippen molar-refractivity contribution >= 4 is 28.7 Å². The number of halogens is 1. The molecule has 3 heterocycles. The highest BCUT2D eigenvalue weighted by molar-refractivity contribution is 6.31. The monoisotopic (exact) mass is 288 g/mol. The predicted molar refractivity (Wildman–Crippen MR) is 76.9 cm³/mol. The lowest BCUT2D eigenvalue weighted by atomic mass is 10.0. The molecule has 20 heavy (non-hydrogen) atoms. The zero-order chi connectivity index (χ0) is 13.5. The van der Waals surface area contributed by atoms with E-state index in [0.717, 1.165) is 30.7 Å². The van der Waals surface area contributed by atoms with E-state index in [0.29, 0.717) is 17.0 Å². The molecular formula is C14H13ClN4O. The van der Waals surface area contributed by atoms with Gasteiger partial charge in [0.25, 0.3) is 6.01 Å². The van der Waals surface area contributed by atoms with Gasteiger partial charge in [0.2, 0.25) is 0 Å². The van der Waals surface area contributed by atoms with E-state index in [-0.39, 0.29) is 0 Å². The van der Waals surface area contributed by atoms with Crippen molar-refractivity contribution in [2.45, 2.75) is 6.54 Å². The SMILES string of the molecule is Clc1ccc2oc(N3CC(Cn4ccnc4)C3)nc2c1. The molecule has 1 fully saturated rings. The zero-order valence-electron chi connectivity index (χ0n) is 10.7. The molecule has 1 aliphatic rings. The third-order valence-electron chi connectivity index (χ3n) is 3.59. The first-order valence-corrected chi connectivity index (χ1v) is 6.92. The molecule has 5 nitrogen and oxygen atoms in total. The highest BCUT2D eigenvalue weighted by Gasteiger charge is 2.30. The molecule has 3 aromatic rings. The van der Waals surface area contributed by atoms with Crippen LogP contribution in [-0.4, -0.2) is 27.6 Å². The maximum atomic E-state index is 5.95. The van der Waals surface area contributed by atoms with Crippen molar-refractivity contribution in [2.24, 2.45) is 5.92 Å². The van der Waals surface area contributed by atoms with E-state index in [1.807, 2.05) is 30.7 Å². The number of aromatic nitrogens is 3. The number of nitrogens with zero attached hydrogens (tertiary/aromatic N) is 4. The second-order valence-electron chi connectivity index (χ2n) is 5.14. The maximum Gasteiger partial charge on any atom is 0.298 e. The molecule has 1 aromatic carbocycles. The van der Waals surface area contributed by atoms with E-state index in [4.69, 9.17) is 16.0 Å². The van der Waals surface area contributed by atoms with E-state index in [2.05, 4.69) is 19.4 Å². The number of imidazole rings is 1. The Hall–Kier alpha value is -2.01. The van der Waals surface area contributed by atoms with Crippen LogP contribution in [0.1, 0.15) is 0 Å². The average molecular weight is 289 g/mol. The van der Waals surface area contributed by atoms with Gasteiger partial charge in [-0.1, -0.05) is 11.6 Å². The van der Waals surface area contributed by atoms with Gasteiger partial charge in [-0.3, -0.25) is 0 Å². The Morgan fingerprint density at radius 3 is 3.05 bits per heavy atom. The van der Waals surface area contributed by atoms with Crippen LogP contribution in [-0.2, 0) is 6.54 Å². The van der Waals surface area contributed by atoms with Crippen molar-refractivity contribution in [2.75, 3.05) is 18.0 Å². The van der Waals surface area contributed by atoms with Gasteiger partial charge in [-0.2, -0.15) is 4.98 Å². The Morgan fingerprint density at radius 2 is 2.25 bits per heavy atom. The van der Waals surface area contributed by atoms with Crippen LogP contribution in [0.2, 0.25) is 5.02 Å². The number of hydrogen-bond donors (Lipinski definition) is 0. The minimum atomic E-state index is 0.614. The summed E-state index contributed by atoms with van der Waals surface area (Å²) in [6, 6.07) is 6.18. The molecule has 0 saturated carbocycles. The number of anilines is 1. The standard InChI is InChI=1S/C14H13ClN4O/c15-11-1-2-13-12(5-11)17-14(20-13)19-7-10(8-19)6-18-4-3-16-9-18/h1-5,9-10H,6-8H2.